The highest BCUT2D eigenvalue weighted by Gasteiger charge is 2.50. The van der Waals surface area contributed by atoms with Gasteiger partial charge in [-0.2, -0.15) is 0 Å². The molecule has 4 aromatic carbocycles. The summed E-state index contributed by atoms with van der Waals surface area (Å²) in [5, 5.41) is 26.1. The summed E-state index contributed by atoms with van der Waals surface area (Å²) in [5.74, 6) is -1.78. The zero-order chi connectivity index (χ0) is 32.5. The zero-order valence-electron chi connectivity index (χ0n) is 24.2. The van der Waals surface area contributed by atoms with Crippen molar-refractivity contribution >= 4 is 52.4 Å². The van der Waals surface area contributed by atoms with Gasteiger partial charge in [-0.05, 0) is 59.9 Å². The summed E-state index contributed by atoms with van der Waals surface area (Å²) < 4.78 is 10.4. The van der Waals surface area contributed by atoms with Crippen molar-refractivity contribution in [2.75, 3.05) is 12.4 Å². The van der Waals surface area contributed by atoms with Crippen LogP contribution in [0.25, 0.3) is 0 Å². The third kappa shape index (κ3) is 5.88. The van der Waals surface area contributed by atoms with E-state index in [4.69, 9.17) is 21.1 Å². The second-order valence-corrected chi connectivity index (χ2v) is 12.7. The van der Waals surface area contributed by atoms with Crippen LogP contribution in [0.1, 0.15) is 50.2 Å². The monoisotopic (exact) mass is 659 g/mol. The Labute approximate surface area is 272 Å². The second-order valence-electron chi connectivity index (χ2n) is 10.9. The topological polar surface area (TPSA) is 151 Å². The molecule has 0 spiro atoms. The summed E-state index contributed by atoms with van der Waals surface area (Å²) in [5.41, 5.74) is 2.43. The van der Waals surface area contributed by atoms with Gasteiger partial charge >= 0.3 is 11.9 Å². The van der Waals surface area contributed by atoms with Gasteiger partial charge in [0.15, 0.2) is 0 Å². The molecular weight excluding hydrogens is 634 g/mol. The first-order valence-corrected chi connectivity index (χ1v) is 15.6. The Morgan fingerprint density at radius 1 is 0.913 bits per heavy atom. The van der Waals surface area contributed by atoms with E-state index in [9.17, 15) is 29.8 Å². The van der Waals surface area contributed by atoms with Crippen LogP contribution in [0.15, 0.2) is 95.9 Å². The van der Waals surface area contributed by atoms with Crippen molar-refractivity contribution in [3.63, 3.8) is 0 Å². The minimum absolute atomic E-state index is 0.0164. The number of nitrogens with zero attached hydrogens (tertiary/aromatic N) is 2. The first-order valence-electron chi connectivity index (χ1n) is 14.2. The number of para-hydroxylation sites is 2. The Kier molecular flexibility index (Phi) is 8.65. The average Bonchev–Trinajstić information content (AvgIpc) is 3.39. The minimum atomic E-state index is -0.688. The molecule has 0 saturated heterocycles. The molecule has 1 heterocycles. The number of nitro groups is 2. The van der Waals surface area contributed by atoms with Crippen molar-refractivity contribution < 1.29 is 28.9 Å². The molecular formula is C33H26ClN3O8S. The summed E-state index contributed by atoms with van der Waals surface area (Å²) in [6, 6.07) is 23.9. The van der Waals surface area contributed by atoms with Gasteiger partial charge in [0.2, 0.25) is 0 Å². The number of thioether (sulfide) groups is 1. The van der Waals surface area contributed by atoms with Gasteiger partial charge in [0.1, 0.15) is 11.3 Å². The molecule has 1 aliphatic carbocycles. The first kappa shape index (κ1) is 31.1. The molecule has 0 aromatic heterocycles. The van der Waals surface area contributed by atoms with Crippen LogP contribution >= 0.6 is 23.4 Å². The van der Waals surface area contributed by atoms with Crippen molar-refractivity contribution in [1.29, 1.82) is 0 Å². The smallest absolute Gasteiger partial charge is 0.343 e. The van der Waals surface area contributed by atoms with Crippen LogP contribution in [0.3, 0.4) is 0 Å². The molecule has 11 nitrogen and oxygen atoms in total. The average molecular weight is 660 g/mol. The van der Waals surface area contributed by atoms with Crippen LogP contribution < -0.4 is 10.1 Å². The van der Waals surface area contributed by atoms with Gasteiger partial charge in [-0.3, -0.25) is 20.2 Å². The number of non-ortho nitro benzene ring substituents is 1. The maximum absolute atomic E-state index is 13.4. The fraction of sp³-hybridized carbons (Fsp3) is 0.212. The Balaban J connectivity index is 1.37. The number of fused-ring (bicyclic) bond motifs is 3. The highest BCUT2D eigenvalue weighted by Crippen LogP contribution is 2.58. The number of esters is 2. The van der Waals surface area contributed by atoms with Gasteiger partial charge in [-0.15, -0.1) is 23.4 Å². The molecule has 0 radical (unpaired) electrons. The highest BCUT2D eigenvalue weighted by molar-refractivity contribution is 8.00. The maximum atomic E-state index is 13.4. The van der Waals surface area contributed by atoms with E-state index in [1.165, 1.54) is 49.2 Å². The summed E-state index contributed by atoms with van der Waals surface area (Å²) in [7, 11) is 1.24. The van der Waals surface area contributed by atoms with Crippen molar-refractivity contribution in [2.45, 2.75) is 33.9 Å². The van der Waals surface area contributed by atoms with Crippen LogP contribution in [0.5, 0.6) is 5.75 Å². The van der Waals surface area contributed by atoms with Gasteiger partial charge in [0.25, 0.3) is 11.4 Å². The lowest BCUT2D eigenvalue weighted by Gasteiger charge is -2.38. The van der Waals surface area contributed by atoms with Crippen molar-refractivity contribution in [2.24, 2.45) is 5.92 Å². The second kappa shape index (κ2) is 12.8. The van der Waals surface area contributed by atoms with Crippen LogP contribution in [0.2, 0.25) is 0 Å². The number of alkyl halides is 1. The zero-order valence-corrected chi connectivity index (χ0v) is 25.8. The number of nitrogens with one attached hydrogen (secondary N) is 1. The lowest BCUT2D eigenvalue weighted by molar-refractivity contribution is -0.387. The van der Waals surface area contributed by atoms with E-state index < -0.39 is 27.2 Å². The molecule has 1 fully saturated rings. The van der Waals surface area contributed by atoms with E-state index in [1.807, 2.05) is 6.07 Å². The van der Waals surface area contributed by atoms with E-state index in [0.717, 1.165) is 5.56 Å². The molecule has 2 aliphatic rings. The predicted molar refractivity (Wildman–Crippen MR) is 172 cm³/mol. The Hall–Kier alpha value is -4.94. The number of carbonyl (C=O) groups is 2. The van der Waals surface area contributed by atoms with Crippen molar-refractivity contribution in [3.8, 4) is 5.75 Å². The number of hydrogen-bond donors (Lipinski definition) is 1. The molecule has 234 valence electrons. The quantitative estimate of drug-likeness (QED) is 0.0660. The number of benzene rings is 4. The molecule has 4 aromatic rings. The van der Waals surface area contributed by atoms with E-state index in [1.54, 1.807) is 54.6 Å². The third-order valence-corrected chi connectivity index (χ3v) is 10.4. The first-order chi connectivity index (χ1) is 22.2. The van der Waals surface area contributed by atoms with Gasteiger partial charge in [-0.25, -0.2) is 9.59 Å². The number of anilines is 1. The summed E-state index contributed by atoms with van der Waals surface area (Å²) in [6.45, 7) is 0. The SMILES string of the molecule is COC(=O)c1ccccc1OC(=O)c1ccc2c(c1)[C@@H]1[C@H](Cl)[C@H](Sc3ccccc3[N+](=O)[O-])C[C@H]1[C@H](c1cccc([N+](=O)[O-])c1)N2. The number of carbonyl (C=O) groups excluding carboxylic acids is 2. The number of nitro benzene ring substituents is 2. The number of rotatable bonds is 8. The third-order valence-electron chi connectivity index (χ3n) is 8.32. The molecule has 0 amide bonds. The Morgan fingerprint density at radius 3 is 2.43 bits per heavy atom. The molecule has 46 heavy (non-hydrogen) atoms. The van der Waals surface area contributed by atoms with E-state index >= 15 is 0 Å². The maximum Gasteiger partial charge on any atom is 0.343 e. The van der Waals surface area contributed by atoms with Gasteiger partial charge in [-0.1, -0.05) is 36.4 Å². The molecule has 6 rings (SSSR count). The van der Waals surface area contributed by atoms with Crippen LogP contribution in [-0.4, -0.2) is 39.5 Å². The van der Waals surface area contributed by atoms with E-state index in [2.05, 4.69) is 5.32 Å². The standard InChI is InChI=1S/C33H26ClN3O8S/c1-44-33(39)21-9-2-4-11-26(21)45-32(38)19-13-14-24-22(16-19)29-23(31(35-24)18-7-6-8-20(15-18)36(40)41)17-28(30(29)34)46-27-12-5-3-10-25(27)37(42)43/h2-16,23,28-31,35H,17H2,1H3/t23-,28-,29+,30-,31+/m1/s1. The number of halogens is 1. The number of ether oxygens (including phenoxy) is 2. The van der Waals surface area contributed by atoms with E-state index in [-0.39, 0.29) is 51.4 Å². The van der Waals surface area contributed by atoms with Crippen LogP contribution in [0.4, 0.5) is 17.1 Å². The Morgan fingerprint density at radius 2 is 1.67 bits per heavy atom. The molecule has 1 N–H and O–H groups in total. The molecule has 0 unspecified atom stereocenters. The summed E-state index contributed by atoms with van der Waals surface area (Å²) >= 11 is 8.57. The molecule has 5 atom stereocenters. The van der Waals surface area contributed by atoms with Crippen LogP contribution in [-0.2, 0) is 4.74 Å². The van der Waals surface area contributed by atoms with Crippen LogP contribution in [0, 0.1) is 26.1 Å². The lowest BCUT2D eigenvalue weighted by atomic mass is 9.76. The summed E-state index contributed by atoms with van der Waals surface area (Å²) in [6.07, 6.45) is 0.538. The lowest BCUT2D eigenvalue weighted by Crippen LogP contribution is -2.31. The normalized spacial score (nSPS) is 21.3. The molecule has 1 saturated carbocycles. The highest BCUT2D eigenvalue weighted by atomic mass is 35.5. The van der Waals surface area contributed by atoms with Crippen molar-refractivity contribution in [3.05, 3.63) is 133 Å². The Bertz CT molecular complexity index is 1870. The van der Waals surface area contributed by atoms with Gasteiger partial charge in [0.05, 0.1) is 38.8 Å². The molecule has 0 bridgehead atoms. The fourth-order valence-electron chi connectivity index (χ4n) is 6.27. The number of methoxy groups -OCH3 is 1. The van der Waals surface area contributed by atoms with Gasteiger partial charge in [0, 0.05) is 35.1 Å². The molecule has 13 heteroatoms. The number of hydrogen-bond acceptors (Lipinski definition) is 10. The minimum Gasteiger partial charge on any atom is -0.465 e. The molecule has 1 aliphatic heterocycles. The van der Waals surface area contributed by atoms with Gasteiger partial charge < -0.3 is 14.8 Å². The largest absolute Gasteiger partial charge is 0.465 e. The van der Waals surface area contributed by atoms with E-state index in [0.29, 0.717) is 22.6 Å². The van der Waals surface area contributed by atoms with Crippen molar-refractivity contribution in [1.82, 2.24) is 0 Å². The fourth-order valence-corrected chi connectivity index (χ4v) is 8.21. The predicted octanol–water partition coefficient (Wildman–Crippen LogP) is 7.55. The summed E-state index contributed by atoms with van der Waals surface area (Å²) in [4.78, 5) is 48.6.